The number of halogens is 1. The Morgan fingerprint density at radius 2 is 1.81 bits per heavy atom. The zero-order chi connectivity index (χ0) is 15.6. The lowest BCUT2D eigenvalue weighted by Crippen LogP contribution is -2.24. The largest absolute Gasteiger partial charge is 0.309 e. The van der Waals surface area contributed by atoms with Gasteiger partial charge in [0.1, 0.15) is 5.82 Å². The fraction of sp³-hybridized carbons (Fsp3) is 0.765. The van der Waals surface area contributed by atoms with Crippen molar-refractivity contribution in [3.8, 4) is 0 Å². The molecule has 1 aliphatic rings. The Labute approximate surface area is 141 Å². The topological polar surface area (TPSA) is 45.8 Å². The lowest BCUT2D eigenvalue weighted by molar-refractivity contribution is 0.254. The highest BCUT2D eigenvalue weighted by Crippen LogP contribution is 2.37. The summed E-state index contributed by atoms with van der Waals surface area (Å²) in [5.41, 5.74) is 1.03. The molecule has 0 atom stereocenters. The molecule has 1 aromatic heterocycles. The average molecular weight is 402 g/mol. The Kier molecular flexibility index (Phi) is 5.86. The molecule has 0 spiro atoms. The van der Waals surface area contributed by atoms with Crippen molar-refractivity contribution in [3.63, 3.8) is 0 Å². The van der Waals surface area contributed by atoms with Crippen LogP contribution in [0.4, 0.5) is 0 Å². The van der Waals surface area contributed by atoms with E-state index in [4.69, 9.17) is 4.98 Å². The molecule has 0 radical (unpaired) electrons. The maximum atomic E-state index is 12.2. The summed E-state index contributed by atoms with van der Waals surface area (Å²) in [4.78, 5) is 20.0. The Balaban J connectivity index is 2.17. The predicted molar refractivity (Wildman–Crippen MR) is 95.7 cm³/mol. The number of nitrogens with zero attached hydrogens (tertiary/aromatic N) is 1. The van der Waals surface area contributed by atoms with Crippen molar-refractivity contribution in [2.75, 3.05) is 0 Å². The molecule has 1 N–H and O–H groups in total. The molecule has 0 aromatic carbocycles. The first-order chi connectivity index (χ1) is 9.88. The number of rotatable bonds is 4. The summed E-state index contributed by atoms with van der Waals surface area (Å²) in [5.74, 6) is 3.50. The van der Waals surface area contributed by atoms with E-state index in [0.717, 1.165) is 46.2 Å². The first kappa shape index (κ1) is 17.0. The van der Waals surface area contributed by atoms with E-state index in [9.17, 15) is 4.79 Å². The molecule has 118 valence electrons. The van der Waals surface area contributed by atoms with Gasteiger partial charge >= 0.3 is 0 Å². The van der Waals surface area contributed by atoms with Crippen LogP contribution in [0.15, 0.2) is 4.79 Å². The predicted octanol–water partition coefficient (Wildman–Crippen LogP) is 4.50. The minimum absolute atomic E-state index is 0.0437. The summed E-state index contributed by atoms with van der Waals surface area (Å²) >= 11 is 2.13. The quantitative estimate of drug-likeness (QED) is 0.754. The van der Waals surface area contributed by atoms with Crippen LogP contribution in [0.2, 0.25) is 0 Å². The van der Waals surface area contributed by atoms with E-state index in [-0.39, 0.29) is 5.56 Å². The van der Waals surface area contributed by atoms with E-state index < -0.39 is 0 Å². The summed E-state index contributed by atoms with van der Waals surface area (Å²) in [6.07, 6.45) is 5.73. The van der Waals surface area contributed by atoms with Crippen LogP contribution in [0, 0.1) is 21.3 Å². The molecule has 1 saturated carbocycles. The lowest BCUT2D eigenvalue weighted by atomic mass is 9.76. The number of aromatic nitrogens is 2. The van der Waals surface area contributed by atoms with Crippen molar-refractivity contribution in [2.45, 2.75) is 65.7 Å². The zero-order valence-electron chi connectivity index (χ0n) is 13.6. The summed E-state index contributed by atoms with van der Waals surface area (Å²) in [6.45, 7) is 8.98. The SMILES string of the molecule is CC(C)Cc1nc(C2CCC(C(C)C)CC2)[nH]c(=O)c1I. The molecule has 0 unspecified atom stereocenters. The summed E-state index contributed by atoms with van der Waals surface area (Å²) < 4.78 is 0.765. The third-order valence-corrected chi connectivity index (χ3v) is 5.77. The minimum Gasteiger partial charge on any atom is -0.309 e. The fourth-order valence-electron chi connectivity index (χ4n) is 3.30. The van der Waals surface area contributed by atoms with Crippen molar-refractivity contribution < 1.29 is 0 Å². The molecular formula is C17H27IN2O. The van der Waals surface area contributed by atoms with Crippen LogP contribution in [-0.2, 0) is 6.42 Å². The molecule has 0 bridgehead atoms. The monoisotopic (exact) mass is 402 g/mol. The smallest absolute Gasteiger partial charge is 0.264 e. The average Bonchev–Trinajstić information content (AvgIpc) is 2.43. The minimum atomic E-state index is 0.0437. The van der Waals surface area contributed by atoms with E-state index in [2.05, 4.69) is 55.3 Å². The fourth-order valence-corrected chi connectivity index (χ4v) is 3.77. The maximum absolute atomic E-state index is 12.2. The van der Waals surface area contributed by atoms with Crippen LogP contribution in [-0.4, -0.2) is 9.97 Å². The summed E-state index contributed by atoms with van der Waals surface area (Å²) in [6, 6.07) is 0. The molecule has 0 amide bonds. The van der Waals surface area contributed by atoms with Gasteiger partial charge in [0, 0.05) is 5.92 Å². The van der Waals surface area contributed by atoms with Gasteiger partial charge in [-0.15, -0.1) is 0 Å². The molecule has 0 aliphatic heterocycles. The van der Waals surface area contributed by atoms with Crippen LogP contribution in [0.3, 0.4) is 0 Å². The highest BCUT2D eigenvalue weighted by Gasteiger charge is 2.26. The van der Waals surface area contributed by atoms with Gasteiger partial charge in [-0.3, -0.25) is 4.79 Å². The molecule has 1 aromatic rings. The number of hydrogen-bond donors (Lipinski definition) is 1. The Bertz CT molecular complexity index is 528. The van der Waals surface area contributed by atoms with Gasteiger partial charge in [-0.2, -0.15) is 0 Å². The van der Waals surface area contributed by atoms with E-state index in [1.807, 2.05) is 0 Å². The third-order valence-electron chi connectivity index (χ3n) is 4.65. The van der Waals surface area contributed by atoms with Gasteiger partial charge in [0.25, 0.3) is 5.56 Å². The van der Waals surface area contributed by atoms with Crippen molar-refractivity contribution in [3.05, 3.63) is 25.4 Å². The van der Waals surface area contributed by atoms with Gasteiger partial charge in [0.05, 0.1) is 9.26 Å². The normalized spacial score (nSPS) is 23.0. The number of hydrogen-bond acceptors (Lipinski definition) is 2. The first-order valence-corrected chi connectivity index (χ1v) is 9.25. The van der Waals surface area contributed by atoms with E-state index >= 15 is 0 Å². The van der Waals surface area contributed by atoms with Crippen molar-refractivity contribution in [1.29, 1.82) is 0 Å². The van der Waals surface area contributed by atoms with Crippen LogP contribution < -0.4 is 5.56 Å². The van der Waals surface area contributed by atoms with Gasteiger partial charge in [-0.1, -0.05) is 27.7 Å². The second-order valence-corrected chi connectivity index (χ2v) is 8.24. The van der Waals surface area contributed by atoms with Crippen LogP contribution in [0.25, 0.3) is 0 Å². The Morgan fingerprint density at radius 1 is 1.19 bits per heavy atom. The summed E-state index contributed by atoms with van der Waals surface area (Å²) in [7, 11) is 0. The van der Waals surface area contributed by atoms with Crippen LogP contribution in [0.1, 0.15) is 70.8 Å². The number of H-pyrrole nitrogens is 1. The van der Waals surface area contributed by atoms with Crippen molar-refractivity contribution in [2.24, 2.45) is 17.8 Å². The highest BCUT2D eigenvalue weighted by atomic mass is 127. The Hall–Kier alpha value is -0.390. The molecule has 1 fully saturated rings. The zero-order valence-corrected chi connectivity index (χ0v) is 15.7. The van der Waals surface area contributed by atoms with Gasteiger partial charge in [-0.25, -0.2) is 4.98 Å². The van der Waals surface area contributed by atoms with Crippen LogP contribution >= 0.6 is 22.6 Å². The third kappa shape index (κ3) is 4.30. The lowest BCUT2D eigenvalue weighted by Gasteiger charge is -2.30. The molecule has 3 nitrogen and oxygen atoms in total. The number of aromatic amines is 1. The number of nitrogens with one attached hydrogen (secondary N) is 1. The summed E-state index contributed by atoms with van der Waals surface area (Å²) in [5, 5.41) is 0. The standard InChI is InChI=1S/C17H27IN2O/c1-10(2)9-14-15(18)17(21)20-16(19-14)13-7-5-12(6-8-13)11(3)4/h10-13H,5-9H2,1-4H3,(H,19,20,21). The second kappa shape index (κ2) is 7.25. The highest BCUT2D eigenvalue weighted by molar-refractivity contribution is 14.1. The molecule has 2 rings (SSSR count). The molecule has 4 heteroatoms. The molecule has 1 aliphatic carbocycles. The van der Waals surface area contributed by atoms with Gasteiger partial charge < -0.3 is 4.98 Å². The van der Waals surface area contributed by atoms with Gasteiger partial charge in [0.2, 0.25) is 0 Å². The van der Waals surface area contributed by atoms with Crippen molar-refractivity contribution >= 4 is 22.6 Å². The van der Waals surface area contributed by atoms with E-state index in [0.29, 0.717) is 11.8 Å². The van der Waals surface area contributed by atoms with Crippen molar-refractivity contribution in [1.82, 2.24) is 9.97 Å². The Morgan fingerprint density at radius 3 is 2.33 bits per heavy atom. The van der Waals surface area contributed by atoms with Gasteiger partial charge in [-0.05, 0) is 72.4 Å². The molecule has 1 heterocycles. The maximum Gasteiger partial charge on any atom is 0.264 e. The van der Waals surface area contributed by atoms with Crippen LogP contribution in [0.5, 0.6) is 0 Å². The van der Waals surface area contributed by atoms with E-state index in [1.165, 1.54) is 12.8 Å². The van der Waals surface area contributed by atoms with Gasteiger partial charge in [0.15, 0.2) is 0 Å². The van der Waals surface area contributed by atoms with E-state index in [1.54, 1.807) is 0 Å². The molecular weight excluding hydrogens is 375 g/mol. The first-order valence-electron chi connectivity index (χ1n) is 8.17. The second-order valence-electron chi connectivity index (χ2n) is 7.17. The molecule has 0 saturated heterocycles. The molecule has 21 heavy (non-hydrogen) atoms.